The van der Waals surface area contributed by atoms with Crippen molar-refractivity contribution in [1.82, 2.24) is 54.7 Å². The summed E-state index contributed by atoms with van der Waals surface area (Å²) >= 11 is 0. The average Bonchev–Trinajstić information content (AvgIpc) is 3.99. The highest BCUT2D eigenvalue weighted by Gasteiger charge is 2.35. The Morgan fingerprint density at radius 3 is 1.94 bits per heavy atom. The largest absolute Gasteiger partial charge is 1.00 e. The number of anilines is 3. The fourth-order valence-electron chi connectivity index (χ4n) is 7.81. The summed E-state index contributed by atoms with van der Waals surface area (Å²) in [6, 6.07) is -0.946. The van der Waals surface area contributed by atoms with E-state index in [2.05, 4.69) is 67.0 Å². The summed E-state index contributed by atoms with van der Waals surface area (Å²) in [7, 11) is 0. The van der Waals surface area contributed by atoms with Crippen molar-refractivity contribution in [2.75, 3.05) is 127 Å². The fourth-order valence-corrected chi connectivity index (χ4v) is 7.81. The van der Waals surface area contributed by atoms with Crippen molar-refractivity contribution in [3.05, 3.63) is 23.8 Å². The highest BCUT2D eigenvalue weighted by Crippen LogP contribution is 2.26. The van der Waals surface area contributed by atoms with Crippen molar-refractivity contribution in [2.24, 2.45) is 5.92 Å². The van der Waals surface area contributed by atoms with Crippen LogP contribution < -0.4 is 39.0 Å². The lowest BCUT2D eigenvalue weighted by Gasteiger charge is -2.38. The summed E-state index contributed by atoms with van der Waals surface area (Å²) in [5.74, 6) is 3.95. The fraction of sp³-hybridized carbons (Fsp3) is 0.744. The zero-order valence-corrected chi connectivity index (χ0v) is 40.1. The molecule has 1 unspecified atom stereocenters. The van der Waals surface area contributed by atoms with Gasteiger partial charge in [-0.1, -0.05) is 36.6 Å². The number of carbonyl (C=O) groups excluding carboxylic acids is 2. The number of hydrogen-bond acceptors (Lipinski definition) is 16. The predicted octanol–water partition coefficient (Wildman–Crippen LogP) is -4.12. The van der Waals surface area contributed by atoms with E-state index in [1.165, 1.54) is 0 Å². The van der Waals surface area contributed by atoms with E-state index in [1.54, 1.807) is 22.5 Å². The number of halogens is 1. The van der Waals surface area contributed by atoms with E-state index >= 15 is 0 Å². The Hall–Kier alpha value is -4.76. The Bertz CT molecular complexity index is 1900. The average molecular weight is 947 g/mol. The van der Waals surface area contributed by atoms with Crippen LogP contribution in [-0.4, -0.2) is 189 Å². The standard InChI is InChI=1S/C43H72N16O6.ClH/c1-5-24-63-26-28-65-29-27-64-25-15-46-41-47-42(56-20-16-54(17-21-56)39(61)37(12-8-10-14-45)58-32-36(51-52-58)30-34(4)60)49-43(48-41)57-22-18-55(19-23-57)40(62)38(33(3)6-2)59-31-35(50-53-59)11-7-9-13-44;/h1,31-34,37-38,60H,6-30,44-45H2,2-4H3,(H,46,47,48,49);1H/p+1/t33-,34?,37-,38-;/m0./s1. The van der Waals surface area contributed by atoms with Gasteiger partial charge in [0.15, 0.2) is 0 Å². The number of aryl methyl sites for hydroxylation is 1. The second-order valence-electron chi connectivity index (χ2n) is 16.7. The molecule has 2 aliphatic rings. The highest BCUT2D eigenvalue weighted by molar-refractivity contribution is 5.81. The molecule has 3 aromatic rings. The number of nitrogens with zero attached hydrogens (tertiary/aromatic N) is 13. The van der Waals surface area contributed by atoms with Crippen molar-refractivity contribution < 1.29 is 52.8 Å². The molecule has 5 heterocycles. The minimum atomic E-state index is -0.561. The Morgan fingerprint density at radius 1 is 0.773 bits per heavy atom. The molecule has 2 fully saturated rings. The lowest BCUT2D eigenvalue weighted by Crippen LogP contribution is -3.00. The second-order valence-corrected chi connectivity index (χ2v) is 16.7. The first-order chi connectivity index (χ1) is 31.6. The van der Waals surface area contributed by atoms with Crippen molar-refractivity contribution in [3.63, 3.8) is 0 Å². The molecule has 4 atom stereocenters. The number of terminal acetylenes is 1. The van der Waals surface area contributed by atoms with Crippen LogP contribution >= 0.6 is 0 Å². The highest BCUT2D eigenvalue weighted by atomic mass is 35.5. The lowest BCUT2D eigenvalue weighted by atomic mass is 9.97. The number of aliphatic hydroxyl groups is 1. The van der Waals surface area contributed by atoms with E-state index < -0.39 is 18.2 Å². The molecule has 22 nitrogen and oxygen atoms in total. The van der Waals surface area contributed by atoms with Gasteiger partial charge in [-0.2, -0.15) is 15.0 Å². The molecular formula is C43H74ClN16O6+. The molecule has 2 amide bonds. The van der Waals surface area contributed by atoms with E-state index in [0.717, 1.165) is 57.3 Å². The first kappa shape index (κ1) is 53.9. The predicted molar refractivity (Wildman–Crippen MR) is 242 cm³/mol. The summed E-state index contributed by atoms with van der Waals surface area (Å²) in [5, 5.41) is 30.6. The number of piperazine rings is 2. The summed E-state index contributed by atoms with van der Waals surface area (Å²) in [6.45, 7) is 14.4. The Labute approximate surface area is 395 Å². The van der Waals surface area contributed by atoms with Gasteiger partial charge in [-0.15, -0.1) is 16.6 Å². The maximum Gasteiger partial charge on any atom is 0.247 e. The summed E-state index contributed by atoms with van der Waals surface area (Å²) in [4.78, 5) is 50.9. The number of carbonyl (C=O) groups is 2. The van der Waals surface area contributed by atoms with Crippen LogP contribution in [0.5, 0.6) is 0 Å². The molecule has 0 spiro atoms. The number of hydrogen-bond donors (Lipinski definition) is 4. The molecule has 3 aromatic heterocycles. The maximum absolute atomic E-state index is 14.2. The third kappa shape index (κ3) is 16.5. The minimum Gasteiger partial charge on any atom is -1.00 e. The molecule has 0 aliphatic carbocycles. The number of aromatic nitrogens is 9. The number of ether oxygens (including phenoxy) is 3. The van der Waals surface area contributed by atoms with Crippen LogP contribution in [-0.2, 0) is 36.6 Å². The Balaban J connectivity index is 0.00000952. The van der Waals surface area contributed by atoms with E-state index in [0.29, 0.717) is 128 Å². The summed E-state index contributed by atoms with van der Waals surface area (Å²) < 4.78 is 20.0. The van der Waals surface area contributed by atoms with E-state index in [-0.39, 0.29) is 36.7 Å². The topological polar surface area (TPSA) is 262 Å². The third-order valence-electron chi connectivity index (χ3n) is 11.7. The zero-order chi connectivity index (χ0) is 46.4. The molecule has 2 saturated heterocycles. The third-order valence-corrected chi connectivity index (χ3v) is 11.7. The number of quaternary nitrogens is 2. The van der Waals surface area contributed by atoms with Crippen molar-refractivity contribution in [2.45, 2.75) is 90.3 Å². The second kappa shape index (κ2) is 29.1. The Kier molecular flexibility index (Phi) is 23.7. The first-order valence-electron chi connectivity index (χ1n) is 23.5. The smallest absolute Gasteiger partial charge is 0.247 e. The summed E-state index contributed by atoms with van der Waals surface area (Å²) in [6.07, 6.45) is 14.7. The minimum absolute atomic E-state index is 0. The van der Waals surface area contributed by atoms with Crippen LogP contribution in [0.4, 0.5) is 17.8 Å². The van der Waals surface area contributed by atoms with Gasteiger partial charge in [-0.25, -0.2) is 9.36 Å². The van der Waals surface area contributed by atoms with Crippen LogP contribution in [0.25, 0.3) is 0 Å². The monoisotopic (exact) mass is 946 g/mol. The molecule has 0 aromatic carbocycles. The van der Waals surface area contributed by atoms with Crippen molar-refractivity contribution in [3.8, 4) is 12.3 Å². The number of amides is 2. The molecule has 0 saturated carbocycles. The van der Waals surface area contributed by atoms with Crippen LogP contribution in [0.15, 0.2) is 12.4 Å². The molecule has 23 heteroatoms. The van der Waals surface area contributed by atoms with Gasteiger partial charge in [0.05, 0.1) is 63.6 Å². The molecule has 66 heavy (non-hydrogen) atoms. The van der Waals surface area contributed by atoms with Gasteiger partial charge in [0.25, 0.3) is 0 Å². The molecule has 2 aliphatic heterocycles. The van der Waals surface area contributed by atoms with Gasteiger partial charge in [0, 0.05) is 77.7 Å². The lowest BCUT2D eigenvalue weighted by molar-refractivity contribution is -0.368. The van der Waals surface area contributed by atoms with Crippen molar-refractivity contribution in [1.29, 1.82) is 0 Å². The summed E-state index contributed by atoms with van der Waals surface area (Å²) in [5.41, 5.74) is 9.44. The van der Waals surface area contributed by atoms with Crippen LogP contribution in [0.1, 0.15) is 82.8 Å². The molecular weight excluding hydrogens is 872 g/mol. The van der Waals surface area contributed by atoms with Gasteiger partial charge in [0.2, 0.25) is 29.7 Å². The normalized spacial score (nSPS) is 16.1. The quantitative estimate of drug-likeness (QED) is 0.0381. The first-order valence-corrected chi connectivity index (χ1v) is 23.5. The molecule has 5 rings (SSSR count). The SMILES string of the molecule is C#CCOCCOCCOCCNc1nc(N2CCN(C(=O)[C@H]([C@@H](C)CC)n3cc(CCCC[NH3+])nn3)CC2)nc(N2CCN(C(=O)[C@H](CCCC[NH3+])n3cc(CC(C)O)nn3)CC2)n1.[Cl-]. The van der Waals surface area contributed by atoms with Gasteiger partial charge in [-0.05, 0) is 51.4 Å². The number of aliphatic hydroxyl groups excluding tert-OH is 1. The van der Waals surface area contributed by atoms with E-state index in [1.807, 2.05) is 16.0 Å². The molecule has 8 N–H and O–H groups in total. The number of unbranched alkanes of at least 4 members (excludes halogenated alkanes) is 2. The number of rotatable bonds is 29. The van der Waals surface area contributed by atoms with E-state index in [4.69, 9.17) is 35.6 Å². The van der Waals surface area contributed by atoms with E-state index in [9.17, 15) is 14.7 Å². The maximum atomic E-state index is 14.2. The molecule has 0 radical (unpaired) electrons. The van der Waals surface area contributed by atoms with Gasteiger partial charge in [-0.3, -0.25) is 9.59 Å². The van der Waals surface area contributed by atoms with Crippen LogP contribution in [0.2, 0.25) is 0 Å². The number of nitrogens with one attached hydrogen (secondary N) is 1. The van der Waals surface area contributed by atoms with Crippen molar-refractivity contribution >= 4 is 29.7 Å². The van der Waals surface area contributed by atoms with Crippen LogP contribution in [0.3, 0.4) is 0 Å². The molecule has 0 bridgehead atoms. The molecule has 368 valence electrons. The van der Waals surface area contributed by atoms with Gasteiger partial charge < -0.3 is 68.1 Å². The van der Waals surface area contributed by atoms with Gasteiger partial charge in [0.1, 0.15) is 18.7 Å². The Morgan fingerprint density at radius 2 is 1.33 bits per heavy atom. The van der Waals surface area contributed by atoms with Gasteiger partial charge >= 0.3 is 0 Å². The van der Waals surface area contributed by atoms with Crippen LogP contribution in [0, 0.1) is 18.3 Å². The zero-order valence-electron chi connectivity index (χ0n) is 39.3.